The van der Waals surface area contributed by atoms with Crippen molar-refractivity contribution in [1.29, 1.82) is 0 Å². The summed E-state index contributed by atoms with van der Waals surface area (Å²) in [4.78, 5) is 0. The van der Waals surface area contributed by atoms with Gasteiger partial charge in [-0.05, 0) is 110 Å². The van der Waals surface area contributed by atoms with Gasteiger partial charge in [0.1, 0.15) is 5.75 Å². The third kappa shape index (κ3) is 6.93. The minimum Gasteiger partial charge on any atom is -1.00 e. The van der Waals surface area contributed by atoms with Gasteiger partial charge in [0.15, 0.2) is 0 Å². The quantitative estimate of drug-likeness (QED) is 0.130. The van der Waals surface area contributed by atoms with E-state index in [1.807, 2.05) is 30.3 Å². The first-order chi connectivity index (χ1) is 21.5. The molecule has 0 spiro atoms. The Hall–Kier alpha value is -2.85. The third-order valence-corrected chi connectivity index (χ3v) is 14.6. The van der Waals surface area contributed by atoms with Crippen LogP contribution >= 0.6 is 0 Å². The first-order valence-corrected chi connectivity index (χ1v) is 19.3. The Morgan fingerprint density at radius 1 is 0.646 bits per heavy atom. The molecule has 0 saturated heterocycles. The van der Waals surface area contributed by atoms with Crippen molar-refractivity contribution in [3.63, 3.8) is 0 Å². The van der Waals surface area contributed by atoms with Crippen LogP contribution in [0.2, 0.25) is 13.1 Å². The second-order valence-corrected chi connectivity index (χ2v) is 18.1. The van der Waals surface area contributed by atoms with Gasteiger partial charge in [-0.2, -0.15) is 16.8 Å². The van der Waals surface area contributed by atoms with Crippen molar-refractivity contribution in [2.75, 3.05) is 0 Å². The number of benzene rings is 5. The van der Waals surface area contributed by atoms with Crippen molar-refractivity contribution < 1.29 is 51.3 Å². The second-order valence-electron chi connectivity index (χ2n) is 13.5. The molecule has 245 valence electrons. The zero-order valence-electron chi connectivity index (χ0n) is 29.6. The summed E-state index contributed by atoms with van der Waals surface area (Å²) in [5.41, 5.74) is 17.1. The first-order valence-electron chi connectivity index (χ1n) is 16.2. The molecule has 0 aromatic heterocycles. The summed E-state index contributed by atoms with van der Waals surface area (Å²) in [6, 6.07) is 38.2. The van der Waals surface area contributed by atoms with Crippen LogP contribution in [0.3, 0.4) is 0 Å². The smallest absolute Gasteiger partial charge is 1.00 e. The molecular weight excluding hydrogens is 679 g/mol. The molecule has 5 aromatic rings. The van der Waals surface area contributed by atoms with Gasteiger partial charge in [0.2, 0.25) is 0 Å². The van der Waals surface area contributed by atoms with Gasteiger partial charge in [-0.3, -0.25) is 0 Å². The molecule has 1 unspecified atom stereocenters. The molecule has 6 rings (SSSR count). The average molecular weight is 725 g/mol. The van der Waals surface area contributed by atoms with Crippen LogP contribution in [0, 0.1) is 40.7 Å². The predicted molar refractivity (Wildman–Crippen MR) is 194 cm³/mol. The van der Waals surface area contributed by atoms with Crippen molar-refractivity contribution in [3.05, 3.63) is 164 Å². The fraction of sp³-hybridized carbons (Fsp3) is 0.256. The standard InChI is InChI=1S/C43H45OSi.2ClH.Ti/c1-27-25-37(42(34-19-13-10-14-20-34)35-21-15-11-16-22-35)38(44-36-23-17-12-18-24-36)26-39(27)45(8,9)43-33(7)32(6)40-30(4)28(2)29(3)31(5)41(40)43;;;/h10-25,42-43H,1-9H3;2*1H;/q-1;;;+3/p-2. The van der Waals surface area contributed by atoms with E-state index in [-0.39, 0.29) is 52.4 Å². The van der Waals surface area contributed by atoms with Crippen LogP contribution in [0.1, 0.15) is 80.9 Å². The molecule has 5 aromatic carbocycles. The number of hydrogen-bond acceptors (Lipinski definition) is 1. The molecule has 0 heterocycles. The van der Waals surface area contributed by atoms with Gasteiger partial charge < -0.3 is 29.6 Å². The van der Waals surface area contributed by atoms with E-state index < -0.39 is 8.07 Å². The molecule has 1 aliphatic carbocycles. The van der Waals surface area contributed by atoms with Crippen LogP contribution in [0.15, 0.2) is 103 Å². The number of aryl methyl sites for hydroxylation is 1. The van der Waals surface area contributed by atoms with E-state index >= 15 is 0 Å². The number of hydrogen-bond donors (Lipinski definition) is 0. The Kier molecular flexibility index (Phi) is 13.0. The minimum absolute atomic E-state index is 0. The molecule has 0 amide bonds. The molecular formula is C43H45Cl2OSiTi. The number of halogens is 2. The van der Waals surface area contributed by atoms with Crippen LogP contribution < -0.4 is 34.7 Å². The summed E-state index contributed by atoms with van der Waals surface area (Å²) in [6.07, 6.45) is 0. The van der Waals surface area contributed by atoms with Crippen molar-refractivity contribution in [2.45, 2.75) is 73.0 Å². The second kappa shape index (κ2) is 15.8. The summed E-state index contributed by atoms with van der Waals surface area (Å²) in [7, 11) is -2.20. The summed E-state index contributed by atoms with van der Waals surface area (Å²) in [6.45, 7) is 21.4. The minimum atomic E-state index is -2.20. The Morgan fingerprint density at radius 2 is 1.12 bits per heavy atom. The van der Waals surface area contributed by atoms with Crippen molar-refractivity contribution >= 4 is 18.8 Å². The Balaban J connectivity index is 0.00000208. The van der Waals surface area contributed by atoms with Crippen molar-refractivity contribution in [3.8, 4) is 11.5 Å². The van der Waals surface area contributed by atoms with E-state index in [9.17, 15) is 0 Å². The number of fused-ring (bicyclic) bond motifs is 1. The van der Waals surface area contributed by atoms with E-state index in [0.717, 1.165) is 17.1 Å². The first kappa shape index (κ1) is 39.6. The number of allylic oxidation sites excluding steroid dienone is 2. The van der Waals surface area contributed by atoms with E-state index in [1.54, 1.807) is 5.56 Å². The molecule has 0 bridgehead atoms. The maximum Gasteiger partial charge on any atom is 3.00 e. The van der Waals surface area contributed by atoms with Crippen molar-refractivity contribution in [1.82, 2.24) is 0 Å². The summed E-state index contributed by atoms with van der Waals surface area (Å²) >= 11 is 0. The van der Waals surface area contributed by atoms with Gasteiger partial charge in [0.05, 0.1) is 8.07 Å². The van der Waals surface area contributed by atoms with Gasteiger partial charge in [-0.15, -0.1) is 11.6 Å². The zero-order valence-corrected chi connectivity index (χ0v) is 33.6. The van der Waals surface area contributed by atoms with E-state index in [4.69, 9.17) is 4.74 Å². The summed E-state index contributed by atoms with van der Waals surface area (Å²) < 4.78 is 6.84. The van der Waals surface area contributed by atoms with Crippen LogP contribution in [-0.2, 0) is 21.7 Å². The summed E-state index contributed by atoms with van der Waals surface area (Å²) in [5, 5.41) is 1.34. The molecule has 1 atom stereocenters. The maximum atomic E-state index is 6.84. The fourth-order valence-corrected chi connectivity index (χ4v) is 12.1. The molecule has 1 aliphatic rings. The van der Waals surface area contributed by atoms with Crippen molar-refractivity contribution in [2.24, 2.45) is 0 Å². The molecule has 0 aliphatic heterocycles. The van der Waals surface area contributed by atoms with Crippen LogP contribution in [-0.4, -0.2) is 8.07 Å². The van der Waals surface area contributed by atoms with Gasteiger partial charge >= 0.3 is 21.7 Å². The van der Waals surface area contributed by atoms with E-state index in [2.05, 4.69) is 134 Å². The van der Waals surface area contributed by atoms with Crippen LogP contribution in [0.5, 0.6) is 11.5 Å². The fourth-order valence-electron chi connectivity index (χ4n) is 7.93. The topological polar surface area (TPSA) is 9.23 Å². The average Bonchev–Trinajstić information content (AvgIpc) is 3.32. The predicted octanol–water partition coefficient (Wildman–Crippen LogP) is 5.05. The number of ether oxygens (including phenoxy) is 1. The molecule has 48 heavy (non-hydrogen) atoms. The Labute approximate surface area is 317 Å². The largest absolute Gasteiger partial charge is 3.00 e. The Bertz CT molecular complexity index is 1880. The SMILES string of the molecule is CC1=C(C)C([Si](C)(C)c2[c-]c(Oc3ccccc3)c(C(c3ccccc3)c3ccccc3)cc2C)c2c(C)c(C)c(C)c(C)c21.[Cl-].[Cl-].[Ti+3]. The Morgan fingerprint density at radius 3 is 1.65 bits per heavy atom. The molecule has 1 radical (unpaired) electrons. The molecule has 0 saturated carbocycles. The third-order valence-electron chi connectivity index (χ3n) is 10.6. The van der Waals surface area contributed by atoms with Gasteiger partial charge in [0, 0.05) is 11.3 Å². The maximum absolute atomic E-state index is 6.84. The van der Waals surface area contributed by atoms with E-state index in [1.165, 1.54) is 60.8 Å². The molecule has 1 nitrogen and oxygen atoms in total. The molecule has 0 N–H and O–H groups in total. The van der Waals surface area contributed by atoms with E-state index in [0.29, 0.717) is 5.54 Å². The van der Waals surface area contributed by atoms with Gasteiger partial charge in [-0.25, -0.2) is 0 Å². The zero-order chi connectivity index (χ0) is 32.0. The van der Waals surface area contributed by atoms with Gasteiger partial charge in [-0.1, -0.05) is 104 Å². The van der Waals surface area contributed by atoms with Gasteiger partial charge in [0.25, 0.3) is 0 Å². The van der Waals surface area contributed by atoms with Crippen LogP contribution in [0.25, 0.3) is 5.57 Å². The molecule has 0 fully saturated rings. The molecule has 5 heteroatoms. The summed E-state index contributed by atoms with van der Waals surface area (Å²) in [5.74, 6) is 1.68. The number of rotatable bonds is 7. The normalized spacial score (nSPS) is 13.8. The number of para-hydroxylation sites is 1. The monoisotopic (exact) mass is 723 g/mol. The van der Waals surface area contributed by atoms with Crippen LogP contribution in [0.4, 0.5) is 0 Å².